The van der Waals surface area contributed by atoms with Gasteiger partial charge >= 0.3 is 0 Å². The fourth-order valence-corrected chi connectivity index (χ4v) is 4.54. The molecule has 3 rings (SSSR count). The maximum atomic E-state index is 12.7. The van der Waals surface area contributed by atoms with E-state index in [2.05, 4.69) is 5.32 Å². The highest BCUT2D eigenvalue weighted by Gasteiger charge is 2.30. The lowest BCUT2D eigenvalue weighted by atomic mass is 10.2. The number of anilines is 2. The molecule has 0 saturated carbocycles. The summed E-state index contributed by atoms with van der Waals surface area (Å²) in [6, 6.07) is 8.24. The van der Waals surface area contributed by atoms with Crippen LogP contribution in [-0.4, -0.2) is 39.8 Å². The van der Waals surface area contributed by atoms with E-state index in [9.17, 15) is 13.2 Å². The quantitative estimate of drug-likeness (QED) is 0.761. The molecule has 0 fully saturated rings. The minimum atomic E-state index is -3.77. The third-order valence-corrected chi connectivity index (χ3v) is 5.68. The van der Waals surface area contributed by atoms with Crippen molar-refractivity contribution in [3.05, 3.63) is 46.4 Å². The van der Waals surface area contributed by atoms with Crippen LogP contribution in [-0.2, 0) is 14.8 Å². The molecular weight excluding hydrogens is 427 g/mol. The predicted molar refractivity (Wildman–Crippen MR) is 109 cm³/mol. The molecule has 1 N–H and O–H groups in total. The molecule has 0 unspecified atom stereocenters. The summed E-state index contributed by atoms with van der Waals surface area (Å²) >= 11 is 11.9. The van der Waals surface area contributed by atoms with Crippen LogP contribution in [0.1, 0.15) is 6.92 Å². The van der Waals surface area contributed by atoms with Gasteiger partial charge in [-0.25, -0.2) is 8.42 Å². The topological polar surface area (TPSA) is 84.9 Å². The molecule has 150 valence electrons. The first-order valence-electron chi connectivity index (χ1n) is 8.31. The maximum absolute atomic E-state index is 12.7. The number of benzene rings is 2. The molecule has 0 aromatic heterocycles. The standard InChI is InChI=1S/C18H18Cl2N2O5S/c1-11(18(23)21-14-8-12(19)7-13(20)9-14)22(28(2,24)25)15-3-4-16-17(10-15)27-6-5-26-16/h3-4,7-11H,5-6H2,1-2H3,(H,21,23)/t11-/m0/s1. The number of hydrogen-bond donors (Lipinski definition) is 1. The molecule has 10 heteroatoms. The number of sulfonamides is 1. The highest BCUT2D eigenvalue weighted by Crippen LogP contribution is 2.35. The van der Waals surface area contributed by atoms with Crippen LogP contribution in [0.5, 0.6) is 11.5 Å². The van der Waals surface area contributed by atoms with Crippen molar-refractivity contribution in [1.82, 2.24) is 0 Å². The molecule has 2 aromatic rings. The molecular formula is C18H18Cl2N2O5S. The lowest BCUT2D eigenvalue weighted by molar-refractivity contribution is -0.116. The first kappa shape index (κ1) is 20.6. The number of amides is 1. The van der Waals surface area contributed by atoms with Gasteiger partial charge < -0.3 is 14.8 Å². The van der Waals surface area contributed by atoms with Gasteiger partial charge in [0.1, 0.15) is 19.3 Å². The predicted octanol–water partition coefficient (Wildman–Crippen LogP) is 3.56. The van der Waals surface area contributed by atoms with Crippen LogP contribution in [0, 0.1) is 0 Å². The van der Waals surface area contributed by atoms with E-state index in [-0.39, 0.29) is 0 Å². The average Bonchev–Trinajstić information content (AvgIpc) is 2.59. The van der Waals surface area contributed by atoms with Crippen molar-refractivity contribution < 1.29 is 22.7 Å². The number of carbonyl (C=O) groups is 1. The van der Waals surface area contributed by atoms with Crippen molar-refractivity contribution in [1.29, 1.82) is 0 Å². The number of carbonyl (C=O) groups excluding carboxylic acids is 1. The van der Waals surface area contributed by atoms with Crippen LogP contribution in [0.25, 0.3) is 0 Å². The molecule has 2 aromatic carbocycles. The molecule has 7 nitrogen and oxygen atoms in total. The van der Waals surface area contributed by atoms with Gasteiger partial charge in [-0.15, -0.1) is 0 Å². The second-order valence-corrected chi connectivity index (χ2v) is 8.94. The Morgan fingerprint density at radius 3 is 2.29 bits per heavy atom. The normalized spacial score (nSPS) is 14.3. The third kappa shape index (κ3) is 4.63. The van der Waals surface area contributed by atoms with Crippen molar-refractivity contribution in [2.45, 2.75) is 13.0 Å². The molecule has 0 saturated heterocycles. The minimum absolute atomic E-state index is 0.290. The van der Waals surface area contributed by atoms with E-state index < -0.39 is 22.0 Å². The number of rotatable bonds is 5. The minimum Gasteiger partial charge on any atom is -0.486 e. The Hall–Kier alpha value is -2.16. The highest BCUT2D eigenvalue weighted by molar-refractivity contribution is 7.92. The number of ether oxygens (including phenoxy) is 2. The summed E-state index contributed by atoms with van der Waals surface area (Å²) in [6.45, 7) is 2.27. The smallest absolute Gasteiger partial charge is 0.247 e. The van der Waals surface area contributed by atoms with E-state index in [0.29, 0.717) is 46.1 Å². The Balaban J connectivity index is 1.90. The summed E-state index contributed by atoms with van der Waals surface area (Å²) in [6.07, 6.45) is 1.03. The zero-order valence-corrected chi connectivity index (χ0v) is 17.4. The van der Waals surface area contributed by atoms with Gasteiger partial charge in [0, 0.05) is 21.8 Å². The second-order valence-electron chi connectivity index (χ2n) is 6.21. The van der Waals surface area contributed by atoms with Crippen molar-refractivity contribution in [3.63, 3.8) is 0 Å². The Morgan fingerprint density at radius 2 is 1.68 bits per heavy atom. The molecule has 1 aliphatic rings. The molecule has 0 aliphatic carbocycles. The van der Waals surface area contributed by atoms with Gasteiger partial charge in [0.15, 0.2) is 11.5 Å². The van der Waals surface area contributed by atoms with Crippen molar-refractivity contribution >= 4 is 50.5 Å². The SMILES string of the molecule is C[C@@H](C(=O)Nc1cc(Cl)cc(Cl)c1)N(c1ccc2c(c1)OCCO2)S(C)(=O)=O. The van der Waals surface area contributed by atoms with Gasteiger partial charge in [0.25, 0.3) is 0 Å². The monoisotopic (exact) mass is 444 g/mol. The summed E-state index contributed by atoms with van der Waals surface area (Å²) in [4.78, 5) is 12.7. The molecule has 1 aliphatic heterocycles. The molecule has 0 radical (unpaired) electrons. The lowest BCUT2D eigenvalue weighted by Gasteiger charge is -2.29. The van der Waals surface area contributed by atoms with E-state index in [1.165, 1.54) is 31.2 Å². The molecule has 1 amide bonds. The molecule has 1 atom stereocenters. The van der Waals surface area contributed by atoms with E-state index in [1.807, 2.05) is 0 Å². The Labute approximate surface area is 173 Å². The fraction of sp³-hybridized carbons (Fsp3) is 0.278. The number of nitrogens with zero attached hydrogens (tertiary/aromatic N) is 1. The lowest BCUT2D eigenvalue weighted by Crippen LogP contribution is -2.45. The highest BCUT2D eigenvalue weighted by atomic mass is 35.5. The van der Waals surface area contributed by atoms with E-state index >= 15 is 0 Å². The Kier molecular flexibility index (Phi) is 5.92. The first-order valence-corrected chi connectivity index (χ1v) is 10.9. The van der Waals surface area contributed by atoms with Gasteiger partial charge in [-0.05, 0) is 37.3 Å². The van der Waals surface area contributed by atoms with Crippen molar-refractivity contribution in [3.8, 4) is 11.5 Å². The molecule has 28 heavy (non-hydrogen) atoms. The summed E-state index contributed by atoms with van der Waals surface area (Å²) in [7, 11) is -3.77. The van der Waals surface area contributed by atoms with Crippen molar-refractivity contribution in [2.75, 3.05) is 29.1 Å². The zero-order chi connectivity index (χ0) is 20.5. The van der Waals surface area contributed by atoms with E-state index in [1.54, 1.807) is 12.1 Å². The largest absolute Gasteiger partial charge is 0.486 e. The number of hydrogen-bond acceptors (Lipinski definition) is 5. The molecule has 0 spiro atoms. The third-order valence-electron chi connectivity index (χ3n) is 4.00. The second kappa shape index (κ2) is 8.06. The summed E-state index contributed by atoms with van der Waals surface area (Å²) in [5, 5.41) is 3.34. The summed E-state index contributed by atoms with van der Waals surface area (Å²) in [5.41, 5.74) is 0.656. The molecule has 1 heterocycles. The van der Waals surface area contributed by atoms with Crippen molar-refractivity contribution in [2.24, 2.45) is 0 Å². The van der Waals surface area contributed by atoms with Gasteiger partial charge in [0.05, 0.1) is 11.9 Å². The van der Waals surface area contributed by atoms with Gasteiger partial charge in [0.2, 0.25) is 15.9 Å². The number of nitrogens with one attached hydrogen (secondary N) is 1. The molecule has 0 bridgehead atoms. The van der Waals surface area contributed by atoms with Gasteiger partial charge in [-0.3, -0.25) is 9.10 Å². The maximum Gasteiger partial charge on any atom is 0.247 e. The Morgan fingerprint density at radius 1 is 1.07 bits per heavy atom. The van der Waals surface area contributed by atoms with Crippen LogP contribution in [0.4, 0.5) is 11.4 Å². The summed E-state index contributed by atoms with van der Waals surface area (Å²) in [5.74, 6) is 0.402. The number of halogens is 2. The van der Waals surface area contributed by atoms with Crippen LogP contribution < -0.4 is 19.1 Å². The van der Waals surface area contributed by atoms with Gasteiger partial charge in [-0.2, -0.15) is 0 Å². The number of fused-ring (bicyclic) bond motifs is 1. The summed E-state index contributed by atoms with van der Waals surface area (Å²) < 4.78 is 36.9. The van der Waals surface area contributed by atoms with E-state index in [4.69, 9.17) is 32.7 Å². The van der Waals surface area contributed by atoms with Gasteiger partial charge in [-0.1, -0.05) is 23.2 Å². The van der Waals surface area contributed by atoms with Crippen LogP contribution in [0.15, 0.2) is 36.4 Å². The van der Waals surface area contributed by atoms with Crippen LogP contribution in [0.2, 0.25) is 10.0 Å². The average molecular weight is 445 g/mol. The Bertz CT molecular complexity index is 993. The zero-order valence-electron chi connectivity index (χ0n) is 15.1. The van der Waals surface area contributed by atoms with E-state index in [0.717, 1.165) is 10.6 Å². The van der Waals surface area contributed by atoms with Crippen LogP contribution in [0.3, 0.4) is 0 Å². The first-order chi connectivity index (χ1) is 13.1. The fourth-order valence-electron chi connectivity index (χ4n) is 2.85. The van der Waals surface area contributed by atoms with Crippen LogP contribution >= 0.6 is 23.2 Å².